The van der Waals surface area contributed by atoms with Gasteiger partial charge in [-0.1, -0.05) is 18.2 Å². The number of nitriles is 1. The molecule has 7 heteroatoms. The van der Waals surface area contributed by atoms with Gasteiger partial charge in [0.05, 0.1) is 23.9 Å². The highest BCUT2D eigenvalue weighted by Gasteiger charge is 2.29. The number of hydrogen-bond donors (Lipinski definition) is 1. The highest BCUT2D eigenvalue weighted by molar-refractivity contribution is 5.87. The molecule has 1 aliphatic heterocycles. The van der Waals surface area contributed by atoms with Crippen molar-refractivity contribution >= 4 is 16.9 Å². The van der Waals surface area contributed by atoms with Crippen LogP contribution >= 0.6 is 0 Å². The second-order valence-electron chi connectivity index (χ2n) is 9.48. The smallest absolute Gasteiger partial charge is 0.330 e. The van der Waals surface area contributed by atoms with Crippen molar-refractivity contribution in [1.29, 1.82) is 5.26 Å². The molecule has 0 aliphatic carbocycles. The molecule has 1 saturated heterocycles. The van der Waals surface area contributed by atoms with Crippen LogP contribution in [0.15, 0.2) is 35.1 Å². The Kier molecular flexibility index (Phi) is 5.36. The molecule has 0 radical (unpaired) electrons. The lowest BCUT2D eigenvalue weighted by atomic mass is 10.1. The first kappa shape index (κ1) is 21.1. The van der Waals surface area contributed by atoms with Crippen LogP contribution in [0.2, 0.25) is 0 Å². The molecule has 3 heterocycles. The van der Waals surface area contributed by atoms with Gasteiger partial charge in [-0.2, -0.15) is 5.26 Å². The normalized spacial score (nSPS) is 16.8. The SMILES string of the molecule is Cc1cc(N2CC[C@@H](NC(C)(C)C)C2)c2c(n1)n(C)c(=O)n2Cc1ccccc1C#N. The zero-order valence-electron chi connectivity index (χ0n) is 18.9. The fourth-order valence-electron chi connectivity index (χ4n) is 4.53. The number of aromatic nitrogens is 3. The molecule has 31 heavy (non-hydrogen) atoms. The van der Waals surface area contributed by atoms with Gasteiger partial charge >= 0.3 is 5.69 Å². The second-order valence-corrected chi connectivity index (χ2v) is 9.48. The first-order valence-corrected chi connectivity index (χ1v) is 10.8. The van der Waals surface area contributed by atoms with Crippen molar-refractivity contribution < 1.29 is 0 Å². The summed E-state index contributed by atoms with van der Waals surface area (Å²) in [6.07, 6.45) is 1.05. The van der Waals surface area contributed by atoms with Gasteiger partial charge in [0.25, 0.3) is 0 Å². The van der Waals surface area contributed by atoms with E-state index in [2.05, 4.69) is 48.1 Å². The van der Waals surface area contributed by atoms with Crippen LogP contribution in [0.3, 0.4) is 0 Å². The second kappa shape index (κ2) is 7.86. The first-order valence-electron chi connectivity index (χ1n) is 10.8. The van der Waals surface area contributed by atoms with Crippen LogP contribution < -0.4 is 15.9 Å². The highest BCUT2D eigenvalue weighted by atomic mass is 16.1. The summed E-state index contributed by atoms with van der Waals surface area (Å²) < 4.78 is 3.37. The monoisotopic (exact) mass is 418 g/mol. The van der Waals surface area contributed by atoms with Crippen LogP contribution in [0.1, 0.15) is 44.0 Å². The van der Waals surface area contributed by atoms with E-state index in [1.807, 2.05) is 25.1 Å². The number of imidazole rings is 1. The average molecular weight is 419 g/mol. The molecule has 0 bridgehead atoms. The number of aryl methyl sites for hydroxylation is 2. The number of benzene rings is 1. The van der Waals surface area contributed by atoms with Crippen LogP contribution in [0.25, 0.3) is 11.2 Å². The van der Waals surface area contributed by atoms with Gasteiger partial charge in [-0.3, -0.25) is 9.13 Å². The van der Waals surface area contributed by atoms with E-state index in [-0.39, 0.29) is 11.2 Å². The number of fused-ring (bicyclic) bond motifs is 1. The number of nitrogens with zero attached hydrogens (tertiary/aromatic N) is 5. The maximum Gasteiger partial charge on any atom is 0.330 e. The lowest BCUT2D eigenvalue weighted by molar-refractivity contribution is 0.373. The Labute approximate surface area is 182 Å². The third-order valence-electron chi connectivity index (χ3n) is 5.82. The molecule has 0 amide bonds. The van der Waals surface area contributed by atoms with Gasteiger partial charge < -0.3 is 10.2 Å². The van der Waals surface area contributed by atoms with Gasteiger partial charge in [0.15, 0.2) is 5.65 Å². The Morgan fingerprint density at radius 2 is 2.03 bits per heavy atom. The van der Waals surface area contributed by atoms with E-state index in [1.54, 1.807) is 22.2 Å². The standard InChI is InChI=1S/C24H30N6O/c1-16-12-20(29-11-10-19(15-29)27-24(2,3)4)21-22(26-16)28(5)23(31)30(21)14-18-9-7-6-8-17(18)13-25/h6-9,12,19,27H,10-11,14-15H2,1-5H3/t19-/m1/s1. The van der Waals surface area contributed by atoms with Crippen molar-refractivity contribution in [2.75, 3.05) is 18.0 Å². The van der Waals surface area contributed by atoms with Gasteiger partial charge in [-0.25, -0.2) is 9.78 Å². The fourth-order valence-corrected chi connectivity index (χ4v) is 4.53. The van der Waals surface area contributed by atoms with Crippen LogP contribution in [0.4, 0.5) is 5.69 Å². The third-order valence-corrected chi connectivity index (χ3v) is 5.82. The van der Waals surface area contributed by atoms with Gasteiger partial charge in [-0.15, -0.1) is 0 Å². The molecule has 1 aromatic carbocycles. The quantitative estimate of drug-likeness (QED) is 0.705. The molecule has 7 nitrogen and oxygen atoms in total. The van der Waals surface area contributed by atoms with Crippen molar-refractivity contribution in [3.8, 4) is 6.07 Å². The molecule has 1 aliphatic rings. The summed E-state index contributed by atoms with van der Waals surface area (Å²) in [5.74, 6) is 0. The van der Waals surface area contributed by atoms with E-state index in [0.29, 0.717) is 23.8 Å². The lowest BCUT2D eigenvalue weighted by Gasteiger charge is -2.26. The summed E-state index contributed by atoms with van der Waals surface area (Å²) in [5.41, 5.74) is 4.80. The minimum absolute atomic E-state index is 0.0556. The summed E-state index contributed by atoms with van der Waals surface area (Å²) in [7, 11) is 1.77. The van der Waals surface area contributed by atoms with E-state index >= 15 is 0 Å². The summed E-state index contributed by atoms with van der Waals surface area (Å²) in [5, 5.41) is 13.2. The number of hydrogen-bond acceptors (Lipinski definition) is 5. The van der Waals surface area contributed by atoms with Crippen LogP contribution in [0.5, 0.6) is 0 Å². The van der Waals surface area contributed by atoms with Crippen molar-refractivity contribution in [3.63, 3.8) is 0 Å². The first-order chi connectivity index (χ1) is 14.7. The predicted molar refractivity (Wildman–Crippen MR) is 123 cm³/mol. The Bertz CT molecular complexity index is 1220. The predicted octanol–water partition coefficient (Wildman–Crippen LogP) is 2.93. The minimum atomic E-state index is -0.120. The van der Waals surface area contributed by atoms with Gasteiger partial charge in [0.1, 0.15) is 5.52 Å². The number of anilines is 1. The number of pyridine rings is 1. The number of rotatable bonds is 4. The Hall–Kier alpha value is -3.11. The molecule has 4 rings (SSSR count). The van der Waals surface area contributed by atoms with E-state index in [9.17, 15) is 10.1 Å². The highest BCUT2D eigenvalue weighted by Crippen LogP contribution is 2.30. The van der Waals surface area contributed by atoms with Crippen molar-refractivity contribution in [1.82, 2.24) is 19.4 Å². The topological polar surface area (TPSA) is 78.9 Å². The zero-order valence-corrected chi connectivity index (χ0v) is 18.9. The summed E-state index contributed by atoms with van der Waals surface area (Å²) >= 11 is 0. The Morgan fingerprint density at radius 1 is 1.29 bits per heavy atom. The van der Waals surface area contributed by atoms with Crippen LogP contribution in [0, 0.1) is 18.3 Å². The van der Waals surface area contributed by atoms with Crippen LogP contribution in [-0.4, -0.2) is 38.8 Å². The molecule has 0 spiro atoms. The molecule has 0 unspecified atom stereocenters. The van der Waals surface area contributed by atoms with Crippen LogP contribution in [-0.2, 0) is 13.6 Å². The molecule has 1 atom stereocenters. The van der Waals surface area contributed by atoms with Crippen molar-refractivity contribution in [2.24, 2.45) is 7.05 Å². The third kappa shape index (κ3) is 4.08. The molecule has 1 fully saturated rings. The average Bonchev–Trinajstić information content (AvgIpc) is 3.25. The number of nitrogens with one attached hydrogen (secondary N) is 1. The molecule has 3 aromatic rings. The summed E-state index contributed by atoms with van der Waals surface area (Å²) in [6, 6.07) is 12.2. The van der Waals surface area contributed by atoms with Gasteiger partial charge in [0.2, 0.25) is 0 Å². The Balaban J connectivity index is 1.81. The summed E-state index contributed by atoms with van der Waals surface area (Å²) in [4.78, 5) is 20.2. The molecular weight excluding hydrogens is 388 g/mol. The maximum absolute atomic E-state index is 13.2. The largest absolute Gasteiger partial charge is 0.368 e. The molecule has 1 N–H and O–H groups in total. The van der Waals surface area contributed by atoms with Gasteiger partial charge in [0, 0.05) is 37.4 Å². The molecule has 0 saturated carbocycles. The van der Waals surface area contributed by atoms with E-state index in [1.165, 1.54) is 0 Å². The zero-order chi connectivity index (χ0) is 22.3. The molecule has 162 valence electrons. The van der Waals surface area contributed by atoms with E-state index < -0.39 is 0 Å². The fraction of sp³-hybridized carbons (Fsp3) is 0.458. The van der Waals surface area contributed by atoms with Crippen molar-refractivity contribution in [3.05, 3.63) is 57.6 Å². The van der Waals surface area contributed by atoms with E-state index in [4.69, 9.17) is 0 Å². The minimum Gasteiger partial charge on any atom is -0.368 e. The Morgan fingerprint density at radius 3 is 2.74 bits per heavy atom. The van der Waals surface area contributed by atoms with Crippen molar-refractivity contribution in [2.45, 2.75) is 52.2 Å². The maximum atomic E-state index is 13.2. The summed E-state index contributed by atoms with van der Waals surface area (Å²) in [6.45, 7) is 10.7. The van der Waals surface area contributed by atoms with Gasteiger partial charge in [-0.05, 0) is 51.8 Å². The lowest BCUT2D eigenvalue weighted by Crippen LogP contribution is -2.44. The van der Waals surface area contributed by atoms with E-state index in [0.717, 1.165) is 42.0 Å². The molecule has 2 aromatic heterocycles. The molecular formula is C24H30N6O.